The van der Waals surface area contributed by atoms with Gasteiger partial charge in [0, 0.05) is 0 Å². The lowest BCUT2D eigenvalue weighted by atomic mass is 9.63. The lowest BCUT2D eigenvalue weighted by molar-refractivity contribution is 0.0832. The molecule has 0 amide bonds. The summed E-state index contributed by atoms with van der Waals surface area (Å²) in [5.41, 5.74) is 0. The minimum Gasteiger partial charge on any atom is -0.0625 e. The van der Waals surface area contributed by atoms with Crippen molar-refractivity contribution >= 4 is 0 Å². The van der Waals surface area contributed by atoms with Gasteiger partial charge in [0.1, 0.15) is 0 Å². The summed E-state index contributed by atoms with van der Waals surface area (Å²) in [6.45, 7) is 16.9. The van der Waals surface area contributed by atoms with E-state index in [0.717, 1.165) is 65.1 Å². The first-order chi connectivity index (χ1) is 18.7. The van der Waals surface area contributed by atoms with Gasteiger partial charge in [0.15, 0.2) is 0 Å². The van der Waals surface area contributed by atoms with E-state index in [9.17, 15) is 0 Å². The fourth-order valence-corrected chi connectivity index (χ4v) is 9.79. The van der Waals surface area contributed by atoms with Crippen LogP contribution in [0.1, 0.15) is 183 Å². The quantitative estimate of drug-likeness (QED) is 0.332. The van der Waals surface area contributed by atoms with E-state index in [1.165, 1.54) is 83.5 Å². The Balaban J connectivity index is 0.000000162. The zero-order chi connectivity index (χ0) is 28.2. The van der Waals surface area contributed by atoms with Crippen LogP contribution in [0.2, 0.25) is 0 Å². The molecule has 0 radical (unpaired) electrons. The zero-order valence-electron chi connectivity index (χ0n) is 28.2. The van der Waals surface area contributed by atoms with E-state index >= 15 is 0 Å². The van der Waals surface area contributed by atoms with Crippen LogP contribution in [0.3, 0.4) is 0 Å². The largest absolute Gasteiger partial charge is 0.0625 e. The molecule has 0 aromatic heterocycles. The van der Waals surface area contributed by atoms with Crippen LogP contribution in [0.25, 0.3) is 0 Å². The summed E-state index contributed by atoms with van der Waals surface area (Å²) in [7, 11) is 0. The van der Waals surface area contributed by atoms with Crippen LogP contribution >= 0.6 is 0 Å². The lowest BCUT2D eigenvalue weighted by Crippen LogP contribution is -2.32. The van der Waals surface area contributed by atoms with Crippen molar-refractivity contribution in [2.75, 3.05) is 0 Å². The van der Waals surface area contributed by atoms with E-state index in [0.29, 0.717) is 0 Å². The average molecular weight is 543 g/mol. The van der Waals surface area contributed by atoms with Crippen molar-refractivity contribution in [2.24, 2.45) is 65.1 Å². The van der Waals surface area contributed by atoms with Gasteiger partial charge >= 0.3 is 0 Å². The van der Waals surface area contributed by atoms with E-state index in [2.05, 4.69) is 48.5 Å². The molecule has 7 atom stereocenters. The maximum atomic E-state index is 2.45. The van der Waals surface area contributed by atoms with Gasteiger partial charge in [-0.15, -0.1) is 0 Å². The van der Waals surface area contributed by atoms with Gasteiger partial charge in [0.2, 0.25) is 0 Å². The summed E-state index contributed by atoms with van der Waals surface area (Å²) in [5, 5.41) is 0. The molecule has 3 unspecified atom stereocenters. The molecule has 0 saturated heterocycles. The van der Waals surface area contributed by atoms with Gasteiger partial charge in [-0.3, -0.25) is 0 Å². The van der Waals surface area contributed by atoms with Crippen LogP contribution in [0.15, 0.2) is 0 Å². The first-order valence-corrected chi connectivity index (χ1v) is 18.7. The van der Waals surface area contributed by atoms with Gasteiger partial charge in [-0.1, -0.05) is 132 Å². The van der Waals surface area contributed by atoms with E-state index in [1.807, 2.05) is 0 Å². The van der Waals surface area contributed by atoms with Crippen molar-refractivity contribution < 1.29 is 0 Å². The maximum absolute atomic E-state index is 2.45. The van der Waals surface area contributed by atoms with Gasteiger partial charge in [-0.25, -0.2) is 0 Å². The SMILES string of the molecule is CC(C)C1CCCCCCCCC1.CC(C)C1C[C@H]2CCCC[C@@H](C1)C2.CC1C[C@@H]2CC(C(C)C)C[C@H](C1)C2. The lowest BCUT2D eigenvalue weighted by Gasteiger charge is -2.43. The summed E-state index contributed by atoms with van der Waals surface area (Å²) in [4.78, 5) is 0. The molecule has 5 fully saturated rings. The Hall–Kier alpha value is 0. The molecule has 0 nitrogen and oxygen atoms in total. The monoisotopic (exact) mass is 543 g/mol. The third-order valence-corrected chi connectivity index (χ3v) is 12.3. The molecule has 0 N–H and O–H groups in total. The molecule has 0 heteroatoms. The van der Waals surface area contributed by atoms with Gasteiger partial charge in [0.25, 0.3) is 0 Å². The summed E-state index contributed by atoms with van der Waals surface area (Å²) < 4.78 is 0. The van der Waals surface area contributed by atoms with Gasteiger partial charge in [-0.05, 0) is 116 Å². The smallest absolute Gasteiger partial charge is 0.0386 e. The highest BCUT2D eigenvalue weighted by atomic mass is 14.4. The van der Waals surface area contributed by atoms with Crippen LogP contribution in [0.5, 0.6) is 0 Å². The number of hydrogen-bond acceptors (Lipinski definition) is 0. The molecule has 5 rings (SSSR count). The molecule has 4 bridgehead atoms. The Bertz CT molecular complexity index is 574. The minimum absolute atomic E-state index is 0.916. The highest BCUT2D eigenvalue weighted by molar-refractivity contribution is 4.86. The molecule has 5 aliphatic carbocycles. The van der Waals surface area contributed by atoms with Crippen molar-refractivity contribution in [3.05, 3.63) is 0 Å². The second kappa shape index (κ2) is 17.8. The number of rotatable bonds is 3. The second-order valence-corrected chi connectivity index (χ2v) is 16.8. The van der Waals surface area contributed by atoms with E-state index in [1.54, 1.807) is 51.4 Å². The fraction of sp³-hybridized carbons (Fsp3) is 1.00. The summed E-state index contributed by atoms with van der Waals surface area (Å²) in [6.07, 6.45) is 31.9. The van der Waals surface area contributed by atoms with Gasteiger partial charge in [0.05, 0.1) is 0 Å². The minimum atomic E-state index is 0.916. The van der Waals surface area contributed by atoms with Gasteiger partial charge < -0.3 is 0 Å². The summed E-state index contributed by atoms with van der Waals surface area (Å²) in [5.74, 6) is 11.3. The highest BCUT2D eigenvalue weighted by Crippen LogP contribution is 2.47. The Morgan fingerprint density at radius 1 is 0.333 bits per heavy atom. The molecular weight excluding hydrogens is 468 g/mol. The molecule has 0 heterocycles. The van der Waals surface area contributed by atoms with Crippen LogP contribution in [-0.2, 0) is 0 Å². The highest BCUT2D eigenvalue weighted by Gasteiger charge is 2.35. The molecular formula is C39H74. The molecule has 0 aromatic rings. The Morgan fingerprint density at radius 2 is 0.667 bits per heavy atom. The number of fused-ring (bicyclic) bond motifs is 4. The predicted molar refractivity (Wildman–Crippen MR) is 175 cm³/mol. The average Bonchev–Trinajstić information content (AvgIpc) is 3.06. The van der Waals surface area contributed by atoms with Crippen molar-refractivity contribution in [1.82, 2.24) is 0 Å². The maximum Gasteiger partial charge on any atom is -0.0386 e. The predicted octanol–water partition coefficient (Wildman–Crippen LogP) is 13.1. The zero-order valence-corrected chi connectivity index (χ0v) is 28.2. The summed E-state index contributed by atoms with van der Waals surface area (Å²) >= 11 is 0. The molecule has 39 heavy (non-hydrogen) atoms. The van der Waals surface area contributed by atoms with Crippen molar-refractivity contribution in [3.8, 4) is 0 Å². The van der Waals surface area contributed by atoms with Crippen molar-refractivity contribution in [3.63, 3.8) is 0 Å². The molecule has 0 aromatic carbocycles. The van der Waals surface area contributed by atoms with Crippen LogP contribution < -0.4 is 0 Å². The van der Waals surface area contributed by atoms with E-state index in [-0.39, 0.29) is 0 Å². The fourth-order valence-electron chi connectivity index (χ4n) is 9.79. The van der Waals surface area contributed by atoms with E-state index < -0.39 is 0 Å². The first-order valence-electron chi connectivity index (χ1n) is 18.7. The van der Waals surface area contributed by atoms with Crippen molar-refractivity contribution in [1.29, 1.82) is 0 Å². The van der Waals surface area contributed by atoms with Crippen LogP contribution in [-0.4, -0.2) is 0 Å². The third kappa shape index (κ3) is 12.4. The first kappa shape index (κ1) is 33.5. The van der Waals surface area contributed by atoms with Gasteiger partial charge in [-0.2, -0.15) is 0 Å². The normalized spacial score (nSPS) is 36.3. The molecule has 0 spiro atoms. The van der Waals surface area contributed by atoms with Crippen molar-refractivity contribution in [2.45, 2.75) is 183 Å². The standard InChI is InChI=1S/2C13H24.C13H26/c1-9(2)13-7-11-4-10(3)5-12(6-11)8-13;1-10(2)13-8-11-5-3-4-6-12(7-11)9-13;1-12(2)13-10-8-6-4-3-5-7-9-11-13/h9-13H,4-8H2,1-3H3;10-13H,3-9H2,1-2H3;12-13H,3-11H2,1-2H3/t10?,11-,12+,13?;11-,12+,13?;. The second-order valence-electron chi connectivity index (χ2n) is 16.8. The molecule has 230 valence electrons. The van der Waals surface area contributed by atoms with E-state index in [4.69, 9.17) is 0 Å². The summed E-state index contributed by atoms with van der Waals surface area (Å²) in [6, 6.07) is 0. The number of hydrogen-bond donors (Lipinski definition) is 0. The molecule has 0 aliphatic heterocycles. The Morgan fingerprint density at radius 3 is 1.08 bits per heavy atom. The third-order valence-electron chi connectivity index (χ3n) is 12.3. The molecule has 5 saturated carbocycles. The van der Waals surface area contributed by atoms with Crippen LogP contribution in [0.4, 0.5) is 0 Å². The Labute approximate surface area is 248 Å². The van der Waals surface area contributed by atoms with Crippen LogP contribution in [0, 0.1) is 65.1 Å². The Kier molecular flexibility index (Phi) is 15.3. The molecule has 5 aliphatic rings. The topological polar surface area (TPSA) is 0 Å².